The molecular weight excluding hydrogens is 363 g/mol. The number of carbonyl (C=O) groups is 1. The number of nitrogens with one attached hydrogen (secondary N) is 2. The standard InChI is InChI=1S/C17H17FN4OS.ClH/c1-10-14-6-15(16(23)20-9-11-7-19-8-11)24-17(14)22(21-10)13-4-2-12(18)3-5-13;/h2-6,11,19H,7-9H2,1H3,(H,20,23);1H. The molecule has 0 unspecified atom stereocenters. The van der Waals surface area contributed by atoms with Gasteiger partial charge in [-0.3, -0.25) is 4.79 Å². The fourth-order valence-corrected chi connectivity index (χ4v) is 3.83. The van der Waals surface area contributed by atoms with Gasteiger partial charge in [0.25, 0.3) is 5.91 Å². The third-order valence-electron chi connectivity index (χ3n) is 4.26. The lowest BCUT2D eigenvalue weighted by Crippen LogP contribution is -2.48. The molecule has 1 aromatic carbocycles. The summed E-state index contributed by atoms with van der Waals surface area (Å²) in [6.07, 6.45) is 0. The Balaban J connectivity index is 0.00000182. The highest BCUT2D eigenvalue weighted by Crippen LogP contribution is 2.30. The largest absolute Gasteiger partial charge is 0.351 e. The second-order valence-corrected chi connectivity index (χ2v) is 7.07. The molecule has 0 radical (unpaired) electrons. The number of carbonyl (C=O) groups excluding carboxylic acids is 1. The molecule has 0 saturated carbocycles. The van der Waals surface area contributed by atoms with Gasteiger partial charge in [0.15, 0.2) is 0 Å². The van der Waals surface area contributed by atoms with Crippen molar-refractivity contribution in [1.29, 1.82) is 0 Å². The number of nitrogens with zero attached hydrogens (tertiary/aromatic N) is 2. The molecule has 0 spiro atoms. The Kier molecular flexibility index (Phi) is 5.08. The molecule has 1 aliphatic rings. The summed E-state index contributed by atoms with van der Waals surface area (Å²) in [5.74, 6) is 0.198. The maximum absolute atomic E-state index is 13.1. The molecule has 0 bridgehead atoms. The number of fused-ring (bicyclic) bond motifs is 1. The number of aromatic nitrogens is 2. The lowest BCUT2D eigenvalue weighted by Gasteiger charge is -2.26. The van der Waals surface area contributed by atoms with Gasteiger partial charge in [0.2, 0.25) is 0 Å². The van der Waals surface area contributed by atoms with E-state index in [4.69, 9.17) is 0 Å². The second kappa shape index (κ2) is 7.11. The number of rotatable bonds is 4. The van der Waals surface area contributed by atoms with Crippen LogP contribution >= 0.6 is 23.7 Å². The van der Waals surface area contributed by atoms with Gasteiger partial charge in [0.05, 0.1) is 16.3 Å². The molecule has 4 rings (SSSR count). The van der Waals surface area contributed by atoms with Crippen LogP contribution in [-0.4, -0.2) is 35.3 Å². The number of halogens is 2. The fourth-order valence-electron chi connectivity index (χ4n) is 2.73. The quantitative estimate of drug-likeness (QED) is 0.731. The van der Waals surface area contributed by atoms with Crippen LogP contribution in [0.5, 0.6) is 0 Å². The number of hydrogen-bond acceptors (Lipinski definition) is 4. The minimum absolute atomic E-state index is 0. The summed E-state index contributed by atoms with van der Waals surface area (Å²) < 4.78 is 14.9. The van der Waals surface area contributed by atoms with Crippen LogP contribution in [0.3, 0.4) is 0 Å². The normalized spacial score (nSPS) is 14.2. The van der Waals surface area contributed by atoms with Gasteiger partial charge in [-0.25, -0.2) is 9.07 Å². The lowest BCUT2D eigenvalue weighted by molar-refractivity contribution is 0.0946. The van der Waals surface area contributed by atoms with E-state index in [1.165, 1.54) is 23.5 Å². The number of aryl methyl sites for hydroxylation is 1. The maximum Gasteiger partial charge on any atom is 0.261 e. The van der Waals surface area contributed by atoms with E-state index in [1.54, 1.807) is 16.8 Å². The van der Waals surface area contributed by atoms with E-state index in [1.807, 2.05) is 13.0 Å². The molecule has 3 aromatic rings. The molecule has 5 nitrogen and oxygen atoms in total. The molecule has 2 aromatic heterocycles. The molecule has 1 saturated heterocycles. The van der Waals surface area contributed by atoms with Crippen LogP contribution in [0.15, 0.2) is 30.3 Å². The average Bonchev–Trinajstić information content (AvgIpc) is 3.08. The summed E-state index contributed by atoms with van der Waals surface area (Å²) in [4.78, 5) is 13.9. The average molecular weight is 381 g/mol. The maximum atomic E-state index is 13.1. The number of benzene rings is 1. The van der Waals surface area contributed by atoms with Crippen LogP contribution < -0.4 is 10.6 Å². The van der Waals surface area contributed by atoms with Gasteiger partial charge in [-0.05, 0) is 37.3 Å². The smallest absolute Gasteiger partial charge is 0.261 e. The highest BCUT2D eigenvalue weighted by molar-refractivity contribution is 7.20. The predicted octanol–water partition coefficient (Wildman–Crippen LogP) is 2.91. The van der Waals surface area contributed by atoms with E-state index >= 15 is 0 Å². The van der Waals surface area contributed by atoms with Crippen LogP contribution in [0.25, 0.3) is 15.9 Å². The fraction of sp³-hybridized carbons (Fsp3) is 0.294. The minimum Gasteiger partial charge on any atom is -0.351 e. The van der Waals surface area contributed by atoms with E-state index in [2.05, 4.69) is 15.7 Å². The Hall–Kier alpha value is -1.96. The van der Waals surface area contributed by atoms with Crippen molar-refractivity contribution in [2.24, 2.45) is 5.92 Å². The van der Waals surface area contributed by atoms with E-state index in [9.17, 15) is 9.18 Å². The van der Waals surface area contributed by atoms with Crippen LogP contribution in [0.4, 0.5) is 4.39 Å². The van der Waals surface area contributed by atoms with E-state index in [0.717, 1.165) is 34.7 Å². The van der Waals surface area contributed by atoms with Crippen LogP contribution in [0.1, 0.15) is 15.4 Å². The zero-order chi connectivity index (χ0) is 16.7. The Bertz CT molecular complexity index is 901. The highest BCUT2D eigenvalue weighted by Gasteiger charge is 2.20. The van der Waals surface area contributed by atoms with Crippen LogP contribution in [0.2, 0.25) is 0 Å². The molecule has 1 amide bonds. The first kappa shape index (κ1) is 17.8. The SMILES string of the molecule is Cc1nn(-c2ccc(F)cc2)c2sc(C(=O)NCC3CNC3)cc12.Cl. The summed E-state index contributed by atoms with van der Waals surface area (Å²) >= 11 is 1.41. The van der Waals surface area contributed by atoms with Gasteiger partial charge in [-0.15, -0.1) is 23.7 Å². The minimum atomic E-state index is -0.282. The van der Waals surface area contributed by atoms with E-state index < -0.39 is 0 Å². The summed E-state index contributed by atoms with van der Waals surface area (Å²) in [5.41, 5.74) is 1.64. The van der Waals surface area contributed by atoms with Gasteiger partial charge < -0.3 is 10.6 Å². The number of amides is 1. The molecule has 0 atom stereocenters. The van der Waals surface area contributed by atoms with Gasteiger partial charge >= 0.3 is 0 Å². The first-order valence-electron chi connectivity index (χ1n) is 7.86. The van der Waals surface area contributed by atoms with E-state index in [-0.39, 0.29) is 24.1 Å². The van der Waals surface area contributed by atoms with Crippen molar-refractivity contribution < 1.29 is 9.18 Å². The molecule has 1 fully saturated rings. The van der Waals surface area contributed by atoms with Crippen LogP contribution in [0, 0.1) is 18.7 Å². The van der Waals surface area contributed by atoms with Crippen LogP contribution in [-0.2, 0) is 0 Å². The predicted molar refractivity (Wildman–Crippen MR) is 99.6 cm³/mol. The molecule has 3 heterocycles. The van der Waals surface area contributed by atoms with Crippen molar-refractivity contribution in [3.05, 3.63) is 46.7 Å². The molecule has 0 aliphatic carbocycles. The Morgan fingerprint density at radius 1 is 1.40 bits per heavy atom. The summed E-state index contributed by atoms with van der Waals surface area (Å²) in [6.45, 7) is 4.54. The van der Waals surface area contributed by atoms with Crippen molar-refractivity contribution in [2.75, 3.05) is 19.6 Å². The van der Waals surface area contributed by atoms with Gasteiger partial charge in [-0.1, -0.05) is 0 Å². The topological polar surface area (TPSA) is 59.0 Å². The lowest BCUT2D eigenvalue weighted by atomic mass is 10.0. The molecule has 1 aliphatic heterocycles. The molecule has 25 heavy (non-hydrogen) atoms. The highest BCUT2D eigenvalue weighted by atomic mass is 35.5. The van der Waals surface area contributed by atoms with E-state index in [0.29, 0.717) is 17.3 Å². The zero-order valence-electron chi connectivity index (χ0n) is 13.6. The summed E-state index contributed by atoms with van der Waals surface area (Å²) in [5, 5.41) is 11.7. The van der Waals surface area contributed by atoms with Gasteiger partial charge in [-0.2, -0.15) is 5.10 Å². The van der Waals surface area contributed by atoms with Crippen molar-refractivity contribution in [2.45, 2.75) is 6.92 Å². The Labute approximate surface area is 154 Å². The third-order valence-corrected chi connectivity index (χ3v) is 5.37. The summed E-state index contributed by atoms with van der Waals surface area (Å²) in [6, 6.07) is 8.07. The molecule has 132 valence electrons. The molecular formula is C17H18ClFN4OS. The Morgan fingerprint density at radius 2 is 2.12 bits per heavy atom. The second-order valence-electron chi connectivity index (χ2n) is 6.04. The third kappa shape index (κ3) is 3.40. The number of thiophene rings is 1. The molecule has 8 heteroatoms. The number of hydrogen-bond donors (Lipinski definition) is 2. The summed E-state index contributed by atoms with van der Waals surface area (Å²) in [7, 11) is 0. The van der Waals surface area contributed by atoms with Gasteiger partial charge in [0.1, 0.15) is 10.6 Å². The molecule has 2 N–H and O–H groups in total. The monoisotopic (exact) mass is 380 g/mol. The van der Waals surface area contributed by atoms with Crippen molar-refractivity contribution in [1.82, 2.24) is 20.4 Å². The van der Waals surface area contributed by atoms with Gasteiger partial charge in [0, 0.05) is 30.9 Å². The first-order valence-corrected chi connectivity index (χ1v) is 8.67. The Morgan fingerprint density at radius 3 is 2.76 bits per heavy atom. The van der Waals surface area contributed by atoms with Crippen molar-refractivity contribution in [3.63, 3.8) is 0 Å². The van der Waals surface area contributed by atoms with Crippen molar-refractivity contribution >= 4 is 39.9 Å². The first-order chi connectivity index (χ1) is 11.6. The zero-order valence-corrected chi connectivity index (χ0v) is 15.2. The van der Waals surface area contributed by atoms with Crippen molar-refractivity contribution in [3.8, 4) is 5.69 Å².